The number of hydrogen-bond donors (Lipinski definition) is 1. The number of nitrogens with two attached hydrogens (primary N) is 1. The van der Waals surface area contributed by atoms with Crippen LogP contribution in [0.4, 0.5) is 0 Å². The number of sulfonamides is 1. The van der Waals surface area contributed by atoms with Crippen LogP contribution in [0.2, 0.25) is 0 Å². The summed E-state index contributed by atoms with van der Waals surface area (Å²) in [4.78, 5) is 0. The average Bonchev–Trinajstić information content (AvgIpc) is 2.74. The highest BCUT2D eigenvalue weighted by Crippen LogP contribution is 2.40. The maximum Gasteiger partial charge on any atom is 0.273 e. The van der Waals surface area contributed by atoms with Gasteiger partial charge in [0.15, 0.2) is 0 Å². The molecule has 1 aliphatic rings. The molecule has 0 radical (unpaired) electrons. The smallest absolute Gasteiger partial charge is 0.273 e. The van der Waals surface area contributed by atoms with Crippen LogP contribution in [0.15, 0.2) is 5.16 Å². The van der Waals surface area contributed by atoms with Gasteiger partial charge in [-0.05, 0) is 33.6 Å². The molecule has 2 rings (SSSR count). The van der Waals surface area contributed by atoms with Gasteiger partial charge in [0.25, 0.3) is 15.2 Å². The van der Waals surface area contributed by atoms with Gasteiger partial charge in [-0.25, -0.2) is 13.6 Å². The number of primary sulfonamides is 1. The molecule has 0 amide bonds. The molecule has 6 nitrogen and oxygen atoms in total. The Labute approximate surface area is 120 Å². The number of rotatable bonds is 2. The van der Waals surface area contributed by atoms with Gasteiger partial charge in [0.1, 0.15) is 5.82 Å². The third kappa shape index (κ3) is 2.74. The fourth-order valence-electron chi connectivity index (χ4n) is 3.01. The summed E-state index contributed by atoms with van der Waals surface area (Å²) in [6.45, 7) is 7.98. The molecular formula is C13H24N4O2S. The molecule has 1 aromatic rings. The Bertz CT molecular complexity index is 592. The molecule has 0 bridgehead atoms. The van der Waals surface area contributed by atoms with Crippen LogP contribution >= 0.6 is 0 Å². The minimum atomic E-state index is -3.87. The van der Waals surface area contributed by atoms with Crippen LogP contribution in [0, 0.1) is 0 Å². The molecule has 7 heteroatoms. The Morgan fingerprint density at radius 2 is 1.70 bits per heavy atom. The highest BCUT2D eigenvalue weighted by Gasteiger charge is 2.39. The largest absolute Gasteiger partial charge is 0.295 e. The lowest BCUT2D eigenvalue weighted by atomic mass is 9.75. The van der Waals surface area contributed by atoms with Gasteiger partial charge in [-0.15, -0.1) is 10.2 Å². The summed E-state index contributed by atoms with van der Waals surface area (Å²) in [6.07, 6.45) is 5.51. The second kappa shape index (κ2) is 4.80. The first-order valence-corrected chi connectivity index (χ1v) is 8.59. The van der Waals surface area contributed by atoms with Crippen molar-refractivity contribution in [3.05, 3.63) is 5.82 Å². The van der Waals surface area contributed by atoms with Crippen LogP contribution in [0.25, 0.3) is 0 Å². The molecule has 1 aliphatic carbocycles. The van der Waals surface area contributed by atoms with E-state index in [2.05, 4.69) is 17.1 Å². The first-order valence-electron chi connectivity index (χ1n) is 7.05. The molecule has 2 N–H and O–H groups in total. The Morgan fingerprint density at radius 3 is 2.15 bits per heavy atom. The molecule has 1 saturated carbocycles. The summed E-state index contributed by atoms with van der Waals surface area (Å²) in [6, 6.07) is 0. The highest BCUT2D eigenvalue weighted by atomic mass is 32.2. The van der Waals surface area contributed by atoms with Crippen LogP contribution in [0.5, 0.6) is 0 Å². The van der Waals surface area contributed by atoms with E-state index in [1.54, 1.807) is 4.57 Å². The van der Waals surface area contributed by atoms with E-state index in [9.17, 15) is 8.42 Å². The molecule has 0 atom stereocenters. The number of hydrogen-bond acceptors (Lipinski definition) is 4. The van der Waals surface area contributed by atoms with Crippen molar-refractivity contribution in [1.29, 1.82) is 0 Å². The standard InChI is InChI=1S/C13H24N4O2S/c1-12(2,3)17-10(13(4)8-6-5-7-9-13)15-16-11(17)20(14,18)19/h5-9H2,1-4H3,(H2,14,18,19). The maximum absolute atomic E-state index is 11.8. The molecule has 1 fully saturated rings. The van der Waals surface area contributed by atoms with Crippen molar-refractivity contribution in [3.63, 3.8) is 0 Å². The molecule has 114 valence electrons. The van der Waals surface area contributed by atoms with Crippen molar-refractivity contribution < 1.29 is 8.42 Å². The van der Waals surface area contributed by atoms with E-state index in [4.69, 9.17) is 5.14 Å². The molecule has 0 aliphatic heterocycles. The quantitative estimate of drug-likeness (QED) is 0.903. The number of aromatic nitrogens is 3. The lowest BCUT2D eigenvalue weighted by Crippen LogP contribution is -2.36. The van der Waals surface area contributed by atoms with Crippen molar-refractivity contribution >= 4 is 10.0 Å². The predicted molar refractivity (Wildman–Crippen MR) is 76.8 cm³/mol. The van der Waals surface area contributed by atoms with Crippen molar-refractivity contribution in [2.45, 2.75) is 75.9 Å². The zero-order chi connectivity index (χ0) is 15.2. The van der Waals surface area contributed by atoms with Gasteiger partial charge in [0, 0.05) is 11.0 Å². The van der Waals surface area contributed by atoms with Crippen molar-refractivity contribution in [2.75, 3.05) is 0 Å². The van der Waals surface area contributed by atoms with Gasteiger partial charge in [-0.1, -0.05) is 26.2 Å². The Kier molecular flexibility index (Phi) is 3.71. The van der Waals surface area contributed by atoms with Gasteiger partial charge < -0.3 is 0 Å². The molecule has 0 unspecified atom stereocenters. The summed E-state index contributed by atoms with van der Waals surface area (Å²) in [7, 11) is -3.87. The Morgan fingerprint density at radius 1 is 1.15 bits per heavy atom. The third-order valence-corrected chi connectivity index (χ3v) is 4.83. The fraction of sp³-hybridized carbons (Fsp3) is 0.846. The van der Waals surface area contributed by atoms with Crippen molar-refractivity contribution in [2.24, 2.45) is 5.14 Å². The van der Waals surface area contributed by atoms with Crippen molar-refractivity contribution in [3.8, 4) is 0 Å². The normalized spacial score (nSPS) is 20.1. The zero-order valence-electron chi connectivity index (χ0n) is 12.7. The molecule has 0 aromatic carbocycles. The summed E-state index contributed by atoms with van der Waals surface area (Å²) in [5, 5.41) is 13.2. The minimum Gasteiger partial charge on any atom is -0.295 e. The average molecular weight is 300 g/mol. The van der Waals surface area contributed by atoms with E-state index < -0.39 is 15.6 Å². The van der Waals surface area contributed by atoms with Gasteiger partial charge >= 0.3 is 0 Å². The van der Waals surface area contributed by atoms with Gasteiger partial charge in [-0.2, -0.15) is 0 Å². The predicted octanol–water partition coefficient (Wildman–Crippen LogP) is 1.90. The second-order valence-corrected chi connectivity index (χ2v) is 8.43. The molecule has 0 spiro atoms. The van der Waals surface area contributed by atoms with E-state index in [-0.39, 0.29) is 10.6 Å². The lowest BCUT2D eigenvalue weighted by molar-refractivity contribution is 0.259. The summed E-state index contributed by atoms with van der Waals surface area (Å²) >= 11 is 0. The highest BCUT2D eigenvalue weighted by molar-refractivity contribution is 7.89. The van der Waals surface area contributed by atoms with Gasteiger partial charge in [0.2, 0.25) is 0 Å². The first kappa shape index (κ1) is 15.4. The summed E-state index contributed by atoms with van der Waals surface area (Å²) in [5.41, 5.74) is -0.553. The van der Waals surface area contributed by atoms with Crippen molar-refractivity contribution in [1.82, 2.24) is 14.8 Å². The number of nitrogens with zero attached hydrogens (tertiary/aromatic N) is 3. The SMILES string of the molecule is CC1(c2nnc(S(N)(=O)=O)n2C(C)(C)C)CCCCC1. The molecule has 1 heterocycles. The second-order valence-electron chi connectivity index (χ2n) is 6.98. The monoisotopic (exact) mass is 300 g/mol. The lowest BCUT2D eigenvalue weighted by Gasteiger charge is -2.36. The molecule has 0 saturated heterocycles. The van der Waals surface area contributed by atoms with E-state index >= 15 is 0 Å². The Balaban J connectivity index is 2.63. The van der Waals surface area contributed by atoms with Crippen LogP contribution in [-0.2, 0) is 21.0 Å². The third-order valence-electron chi connectivity index (χ3n) is 4.06. The topological polar surface area (TPSA) is 90.9 Å². The van der Waals surface area contributed by atoms with Gasteiger partial charge in [-0.3, -0.25) is 4.57 Å². The van der Waals surface area contributed by atoms with Crippen LogP contribution < -0.4 is 5.14 Å². The Hall–Kier alpha value is -0.950. The summed E-state index contributed by atoms with van der Waals surface area (Å²) in [5.74, 6) is 0.744. The minimum absolute atomic E-state index is 0.124. The molecule has 1 aromatic heterocycles. The first-order chi connectivity index (χ1) is 9.06. The van der Waals surface area contributed by atoms with Gasteiger partial charge in [0.05, 0.1) is 0 Å². The van der Waals surface area contributed by atoms with E-state index in [0.29, 0.717) is 0 Å². The van der Waals surface area contributed by atoms with Crippen LogP contribution in [0.3, 0.4) is 0 Å². The summed E-state index contributed by atoms with van der Waals surface area (Å²) < 4.78 is 25.2. The zero-order valence-corrected chi connectivity index (χ0v) is 13.5. The van der Waals surface area contributed by atoms with E-state index in [1.165, 1.54) is 6.42 Å². The van der Waals surface area contributed by atoms with E-state index in [1.807, 2.05) is 20.8 Å². The molecule has 20 heavy (non-hydrogen) atoms. The van der Waals surface area contributed by atoms with E-state index in [0.717, 1.165) is 31.5 Å². The fourth-order valence-corrected chi connectivity index (χ4v) is 3.77. The maximum atomic E-state index is 11.8. The van der Waals surface area contributed by atoms with Crippen LogP contribution in [-0.4, -0.2) is 23.2 Å². The van der Waals surface area contributed by atoms with Crippen LogP contribution in [0.1, 0.15) is 65.6 Å². The molecular weight excluding hydrogens is 276 g/mol.